The van der Waals surface area contributed by atoms with Crippen LogP contribution in [0.25, 0.3) is 0 Å². The Morgan fingerprint density at radius 2 is 2.16 bits per heavy atom. The summed E-state index contributed by atoms with van der Waals surface area (Å²) in [6.07, 6.45) is 1.77. The molecule has 2 rings (SSSR count). The molecular weight excluding hydrogens is 258 g/mol. The first-order chi connectivity index (χ1) is 9.16. The first-order valence-electron chi connectivity index (χ1n) is 6.18. The van der Waals surface area contributed by atoms with Crippen molar-refractivity contribution in [3.8, 4) is 0 Å². The Hall–Kier alpha value is -1.88. The number of aromatic nitrogens is 1. The quantitative estimate of drug-likeness (QED) is 0.882. The zero-order valence-electron chi connectivity index (χ0n) is 11.0. The lowest BCUT2D eigenvalue weighted by molar-refractivity contribution is 0.0952. The molecule has 0 aliphatic heterocycles. The van der Waals surface area contributed by atoms with Crippen LogP contribution in [0.5, 0.6) is 0 Å². The summed E-state index contributed by atoms with van der Waals surface area (Å²) in [6.45, 7) is 4.61. The zero-order valence-corrected chi connectivity index (χ0v) is 11.8. The lowest BCUT2D eigenvalue weighted by atomic mass is 10.1. The number of anilines is 1. The van der Waals surface area contributed by atoms with Crippen LogP contribution in [0.3, 0.4) is 0 Å². The van der Waals surface area contributed by atoms with Gasteiger partial charge in [0.05, 0.1) is 17.6 Å². The maximum atomic E-state index is 12.2. The van der Waals surface area contributed by atoms with E-state index in [1.807, 2.05) is 38.1 Å². The van der Waals surface area contributed by atoms with Crippen molar-refractivity contribution in [3.05, 3.63) is 46.4 Å². The van der Waals surface area contributed by atoms with Gasteiger partial charge in [0.1, 0.15) is 0 Å². The number of para-hydroxylation sites is 1. The van der Waals surface area contributed by atoms with Crippen molar-refractivity contribution < 1.29 is 4.79 Å². The molecule has 0 bridgehead atoms. The first-order valence-corrected chi connectivity index (χ1v) is 7.06. The molecular formula is C14H17N3OS. The minimum atomic E-state index is -0.0721. The average Bonchev–Trinajstić information content (AvgIpc) is 2.89. The van der Waals surface area contributed by atoms with Gasteiger partial charge in [-0.05, 0) is 26.0 Å². The molecule has 0 saturated heterocycles. The van der Waals surface area contributed by atoms with Gasteiger partial charge in [-0.3, -0.25) is 9.78 Å². The number of carbonyl (C=O) groups excluding carboxylic acids is 1. The van der Waals surface area contributed by atoms with Crippen LogP contribution in [0.4, 0.5) is 5.69 Å². The Morgan fingerprint density at radius 3 is 2.84 bits per heavy atom. The van der Waals surface area contributed by atoms with Crippen LogP contribution >= 0.6 is 11.3 Å². The molecule has 1 heterocycles. The third kappa shape index (κ3) is 3.79. The number of rotatable bonds is 5. The molecule has 0 fully saturated rings. The van der Waals surface area contributed by atoms with Crippen LogP contribution in [-0.4, -0.2) is 16.9 Å². The van der Waals surface area contributed by atoms with Crippen molar-refractivity contribution in [2.24, 2.45) is 0 Å². The largest absolute Gasteiger partial charge is 0.382 e. The molecule has 1 aromatic heterocycles. The van der Waals surface area contributed by atoms with Crippen molar-refractivity contribution in [2.75, 3.05) is 5.32 Å². The van der Waals surface area contributed by atoms with Gasteiger partial charge in [-0.2, -0.15) is 0 Å². The van der Waals surface area contributed by atoms with Gasteiger partial charge in [0, 0.05) is 22.8 Å². The molecule has 0 aliphatic carbocycles. The van der Waals surface area contributed by atoms with E-state index in [2.05, 4.69) is 15.6 Å². The first kappa shape index (κ1) is 13.5. The van der Waals surface area contributed by atoms with E-state index < -0.39 is 0 Å². The highest BCUT2D eigenvalue weighted by molar-refractivity contribution is 7.09. The maximum absolute atomic E-state index is 12.2. The topological polar surface area (TPSA) is 54.0 Å². The van der Waals surface area contributed by atoms with Gasteiger partial charge in [-0.1, -0.05) is 12.1 Å². The third-order valence-electron chi connectivity index (χ3n) is 2.52. The molecule has 0 spiro atoms. The molecule has 0 saturated carbocycles. The monoisotopic (exact) mass is 275 g/mol. The number of benzene rings is 1. The van der Waals surface area contributed by atoms with Gasteiger partial charge in [0.25, 0.3) is 5.91 Å². The van der Waals surface area contributed by atoms with Crippen LogP contribution in [0, 0.1) is 0 Å². The Morgan fingerprint density at radius 1 is 1.37 bits per heavy atom. The highest BCUT2D eigenvalue weighted by Gasteiger charge is 2.11. The Balaban J connectivity index is 2.06. The molecule has 19 heavy (non-hydrogen) atoms. The lowest BCUT2D eigenvalue weighted by Crippen LogP contribution is -2.24. The summed E-state index contributed by atoms with van der Waals surface area (Å²) in [4.78, 5) is 17.2. The smallest absolute Gasteiger partial charge is 0.253 e. The van der Waals surface area contributed by atoms with Gasteiger partial charge in [0.2, 0.25) is 0 Å². The van der Waals surface area contributed by atoms with E-state index in [0.29, 0.717) is 12.1 Å². The van der Waals surface area contributed by atoms with Crippen molar-refractivity contribution in [1.29, 1.82) is 0 Å². The van der Waals surface area contributed by atoms with Crippen LogP contribution in [-0.2, 0) is 6.54 Å². The van der Waals surface area contributed by atoms with Crippen LogP contribution in [0.2, 0.25) is 0 Å². The minimum absolute atomic E-state index is 0.0721. The van der Waals surface area contributed by atoms with Crippen molar-refractivity contribution >= 4 is 22.9 Å². The van der Waals surface area contributed by atoms with E-state index in [-0.39, 0.29) is 11.9 Å². The van der Waals surface area contributed by atoms with Crippen LogP contribution in [0.1, 0.15) is 29.1 Å². The maximum Gasteiger partial charge on any atom is 0.253 e. The fraction of sp³-hybridized carbons (Fsp3) is 0.286. The molecule has 2 N–H and O–H groups in total. The minimum Gasteiger partial charge on any atom is -0.382 e. The summed E-state index contributed by atoms with van der Waals surface area (Å²) >= 11 is 1.53. The van der Waals surface area contributed by atoms with Crippen molar-refractivity contribution in [2.45, 2.75) is 26.4 Å². The van der Waals surface area contributed by atoms with E-state index in [9.17, 15) is 4.79 Å². The van der Waals surface area contributed by atoms with Crippen molar-refractivity contribution in [1.82, 2.24) is 10.3 Å². The number of nitrogens with one attached hydrogen (secondary N) is 2. The SMILES string of the molecule is CC(C)Nc1ccccc1C(=O)NCc1cncs1. The van der Waals surface area contributed by atoms with Gasteiger partial charge in [-0.25, -0.2) is 0 Å². The number of carbonyl (C=O) groups is 1. The molecule has 2 aromatic rings. The van der Waals surface area contributed by atoms with E-state index in [1.54, 1.807) is 11.7 Å². The molecule has 0 atom stereocenters. The van der Waals surface area contributed by atoms with E-state index in [0.717, 1.165) is 10.6 Å². The molecule has 1 amide bonds. The van der Waals surface area contributed by atoms with E-state index in [1.165, 1.54) is 11.3 Å². The Labute approximate surface area is 116 Å². The van der Waals surface area contributed by atoms with Gasteiger partial charge < -0.3 is 10.6 Å². The van der Waals surface area contributed by atoms with Crippen LogP contribution in [0.15, 0.2) is 36.0 Å². The Kier molecular flexibility index (Phi) is 4.52. The second kappa shape index (κ2) is 6.33. The van der Waals surface area contributed by atoms with Gasteiger partial charge >= 0.3 is 0 Å². The lowest BCUT2D eigenvalue weighted by Gasteiger charge is -2.14. The summed E-state index contributed by atoms with van der Waals surface area (Å²) in [6, 6.07) is 7.82. The van der Waals surface area contributed by atoms with Crippen molar-refractivity contribution in [3.63, 3.8) is 0 Å². The highest BCUT2D eigenvalue weighted by Crippen LogP contribution is 2.16. The molecule has 4 nitrogen and oxygen atoms in total. The van der Waals surface area contributed by atoms with Gasteiger partial charge in [-0.15, -0.1) is 11.3 Å². The summed E-state index contributed by atoms with van der Waals surface area (Å²) in [5.41, 5.74) is 3.29. The molecule has 100 valence electrons. The fourth-order valence-electron chi connectivity index (χ4n) is 1.71. The molecule has 1 aromatic carbocycles. The average molecular weight is 275 g/mol. The fourth-order valence-corrected chi connectivity index (χ4v) is 2.24. The normalized spacial score (nSPS) is 10.5. The second-order valence-electron chi connectivity index (χ2n) is 4.50. The molecule has 5 heteroatoms. The predicted molar refractivity (Wildman–Crippen MR) is 78.5 cm³/mol. The summed E-state index contributed by atoms with van der Waals surface area (Å²) in [5.74, 6) is -0.0721. The molecule has 0 radical (unpaired) electrons. The van der Waals surface area contributed by atoms with E-state index in [4.69, 9.17) is 0 Å². The molecule has 0 aliphatic rings. The number of hydrogen-bond donors (Lipinski definition) is 2. The Bertz CT molecular complexity index is 537. The number of nitrogens with zero attached hydrogens (tertiary/aromatic N) is 1. The summed E-state index contributed by atoms with van der Waals surface area (Å²) < 4.78 is 0. The van der Waals surface area contributed by atoms with Gasteiger partial charge in [0.15, 0.2) is 0 Å². The third-order valence-corrected chi connectivity index (χ3v) is 3.30. The second-order valence-corrected chi connectivity index (χ2v) is 5.47. The van der Waals surface area contributed by atoms with E-state index >= 15 is 0 Å². The zero-order chi connectivity index (χ0) is 13.7. The predicted octanol–water partition coefficient (Wildman–Crippen LogP) is 2.89. The highest BCUT2D eigenvalue weighted by atomic mass is 32.1. The summed E-state index contributed by atoms with van der Waals surface area (Å²) in [5, 5.41) is 6.18. The number of amides is 1. The van der Waals surface area contributed by atoms with Crippen LogP contribution < -0.4 is 10.6 Å². The molecule has 0 unspecified atom stereocenters. The summed E-state index contributed by atoms with van der Waals surface area (Å²) in [7, 11) is 0. The number of thiazole rings is 1. The number of hydrogen-bond acceptors (Lipinski definition) is 4. The standard InChI is InChI=1S/C14H17N3OS/c1-10(2)17-13-6-4-3-5-12(13)14(18)16-8-11-7-15-9-19-11/h3-7,9-10,17H,8H2,1-2H3,(H,16,18).